The predicted octanol–water partition coefficient (Wildman–Crippen LogP) is 3.94. The number of anilines is 1. The summed E-state index contributed by atoms with van der Waals surface area (Å²) < 4.78 is 2.34. The fourth-order valence-corrected chi connectivity index (χ4v) is 5.49. The number of hydrogen-bond donors (Lipinski definition) is 2. The lowest BCUT2D eigenvalue weighted by Gasteiger charge is -2.19. The molecule has 0 radical (unpaired) electrons. The second kappa shape index (κ2) is 10.6. The van der Waals surface area contributed by atoms with Gasteiger partial charge in [0.15, 0.2) is 0 Å². The smallest absolute Gasteiger partial charge is 0.309 e. The summed E-state index contributed by atoms with van der Waals surface area (Å²) in [4.78, 5) is 26.7. The number of carbonyl (C=O) groups excluding carboxylic acids is 2. The molecule has 4 atom stereocenters. The normalized spacial score (nSPS) is 23.0. The highest BCUT2D eigenvalue weighted by Gasteiger charge is 2.47. The molecular formula is C28H42N5O2+. The molecule has 4 rings (SSSR count). The Hall–Kier alpha value is -2.54. The van der Waals surface area contributed by atoms with E-state index in [0.29, 0.717) is 31.0 Å². The summed E-state index contributed by atoms with van der Waals surface area (Å²) in [5.74, 6) is 2.59. The van der Waals surface area contributed by atoms with Crippen molar-refractivity contribution in [2.24, 2.45) is 11.8 Å². The first-order valence-electron chi connectivity index (χ1n) is 13.3. The van der Waals surface area contributed by atoms with Crippen LogP contribution in [0.4, 0.5) is 5.69 Å². The van der Waals surface area contributed by atoms with Gasteiger partial charge in [0.1, 0.15) is 17.6 Å². The van der Waals surface area contributed by atoms with E-state index in [-0.39, 0.29) is 23.7 Å². The Morgan fingerprint density at radius 1 is 1.11 bits per heavy atom. The Balaban J connectivity index is 1.60. The zero-order valence-corrected chi connectivity index (χ0v) is 22.2. The molecule has 2 fully saturated rings. The molecular weight excluding hydrogens is 438 g/mol. The van der Waals surface area contributed by atoms with Gasteiger partial charge >= 0.3 is 5.91 Å². The summed E-state index contributed by atoms with van der Waals surface area (Å²) in [6, 6.07) is 6.47. The van der Waals surface area contributed by atoms with Crippen molar-refractivity contribution in [3.05, 3.63) is 41.0 Å². The Bertz CT molecular complexity index is 1070. The van der Waals surface area contributed by atoms with Gasteiger partial charge in [0.25, 0.3) is 0 Å². The van der Waals surface area contributed by atoms with Gasteiger partial charge in [0.05, 0.1) is 25.9 Å². The monoisotopic (exact) mass is 480 g/mol. The van der Waals surface area contributed by atoms with Gasteiger partial charge in [0.2, 0.25) is 5.91 Å². The van der Waals surface area contributed by atoms with Crippen LogP contribution in [0.1, 0.15) is 100 Å². The van der Waals surface area contributed by atoms with Gasteiger partial charge in [-0.1, -0.05) is 51.3 Å². The van der Waals surface area contributed by atoms with Gasteiger partial charge < -0.3 is 9.88 Å². The quantitative estimate of drug-likeness (QED) is 0.570. The van der Waals surface area contributed by atoms with E-state index >= 15 is 0 Å². The first-order valence-corrected chi connectivity index (χ1v) is 13.3. The summed E-state index contributed by atoms with van der Waals surface area (Å²) in [5, 5.41) is 12.5. The molecule has 190 valence electrons. The Morgan fingerprint density at radius 2 is 1.86 bits per heavy atom. The third-order valence-corrected chi connectivity index (χ3v) is 7.74. The van der Waals surface area contributed by atoms with E-state index in [1.807, 2.05) is 26.0 Å². The molecule has 1 aromatic heterocycles. The summed E-state index contributed by atoms with van der Waals surface area (Å²) in [5.41, 5.74) is 3.04. The van der Waals surface area contributed by atoms with Crippen molar-refractivity contribution in [1.29, 1.82) is 0 Å². The van der Waals surface area contributed by atoms with Crippen molar-refractivity contribution in [2.45, 2.75) is 91.5 Å². The lowest BCUT2D eigenvalue weighted by molar-refractivity contribution is -0.807. The Morgan fingerprint density at radius 3 is 2.49 bits per heavy atom. The van der Waals surface area contributed by atoms with Crippen LogP contribution in [-0.4, -0.2) is 39.7 Å². The summed E-state index contributed by atoms with van der Waals surface area (Å²) >= 11 is 0. The second-order valence-electron chi connectivity index (χ2n) is 11.3. The number of amides is 2. The number of aryl methyl sites for hydroxylation is 2. The molecule has 35 heavy (non-hydrogen) atoms. The average molecular weight is 481 g/mol. The highest BCUT2D eigenvalue weighted by atomic mass is 16.2. The van der Waals surface area contributed by atoms with E-state index in [0.717, 1.165) is 47.1 Å². The molecule has 1 saturated carbocycles. The largest absolute Gasteiger partial charge is 0.325 e. The minimum Gasteiger partial charge on any atom is -0.325 e. The molecule has 1 aliphatic heterocycles. The summed E-state index contributed by atoms with van der Waals surface area (Å²) in [7, 11) is 0. The fraction of sp³-hybridized carbons (Fsp3) is 0.643. The molecule has 2 N–H and O–H groups in total. The molecule has 0 spiro atoms. The van der Waals surface area contributed by atoms with Crippen LogP contribution in [0.3, 0.4) is 0 Å². The predicted molar refractivity (Wildman–Crippen MR) is 138 cm³/mol. The van der Waals surface area contributed by atoms with Gasteiger partial charge in [-0.05, 0) is 50.7 Å². The van der Waals surface area contributed by atoms with Crippen LogP contribution in [0.5, 0.6) is 0 Å². The van der Waals surface area contributed by atoms with Crippen molar-refractivity contribution in [3.63, 3.8) is 0 Å². The number of carbonyl (C=O) groups is 2. The van der Waals surface area contributed by atoms with Crippen LogP contribution in [-0.2, 0) is 9.59 Å². The van der Waals surface area contributed by atoms with Crippen LogP contribution >= 0.6 is 0 Å². The maximum atomic E-state index is 13.6. The lowest BCUT2D eigenvalue weighted by Crippen LogP contribution is -3.12. The number of quaternary nitrogens is 1. The molecule has 1 aliphatic carbocycles. The molecule has 2 aromatic rings. The molecule has 7 nitrogen and oxygen atoms in total. The molecule has 1 saturated heterocycles. The van der Waals surface area contributed by atoms with Crippen molar-refractivity contribution in [1.82, 2.24) is 14.8 Å². The minimum atomic E-state index is -0.319. The third-order valence-electron chi connectivity index (χ3n) is 7.74. The summed E-state index contributed by atoms with van der Waals surface area (Å²) in [6.45, 7) is 13.5. The van der Waals surface area contributed by atoms with E-state index < -0.39 is 0 Å². The van der Waals surface area contributed by atoms with Crippen molar-refractivity contribution < 1.29 is 14.5 Å². The number of aromatic nitrogens is 3. The molecule has 1 unspecified atom stereocenters. The van der Waals surface area contributed by atoms with Crippen LogP contribution in [0.2, 0.25) is 0 Å². The molecule has 2 aliphatic rings. The SMILES string of the molecule is CC(=O)[NH+]1C[C@H](C(=O)Nc2ccc(C)cc2C)[C@@H](c2nnc([C@H](C)CCCC(C)C)n2C2CC2)C1. The molecule has 0 bridgehead atoms. The number of nitrogens with one attached hydrogen (secondary N) is 2. The number of rotatable bonds is 9. The number of nitrogens with zero attached hydrogens (tertiary/aromatic N) is 3. The van der Waals surface area contributed by atoms with Gasteiger partial charge in [-0.3, -0.25) is 9.69 Å². The lowest BCUT2D eigenvalue weighted by atomic mass is 9.93. The van der Waals surface area contributed by atoms with Crippen LogP contribution in [0.25, 0.3) is 0 Å². The first-order chi connectivity index (χ1) is 16.7. The highest BCUT2D eigenvalue weighted by molar-refractivity contribution is 5.94. The fourth-order valence-electron chi connectivity index (χ4n) is 5.49. The second-order valence-corrected chi connectivity index (χ2v) is 11.3. The van der Waals surface area contributed by atoms with E-state index in [4.69, 9.17) is 5.10 Å². The van der Waals surface area contributed by atoms with Crippen molar-refractivity contribution >= 4 is 17.5 Å². The van der Waals surface area contributed by atoms with Gasteiger partial charge in [-0.15, -0.1) is 10.2 Å². The van der Waals surface area contributed by atoms with Crippen molar-refractivity contribution in [3.8, 4) is 0 Å². The number of hydrogen-bond acceptors (Lipinski definition) is 4. The van der Waals surface area contributed by atoms with Crippen LogP contribution in [0, 0.1) is 25.7 Å². The number of benzene rings is 1. The van der Waals surface area contributed by atoms with E-state index in [1.54, 1.807) is 6.92 Å². The molecule has 1 aromatic carbocycles. The van der Waals surface area contributed by atoms with E-state index in [2.05, 4.69) is 41.8 Å². The highest BCUT2D eigenvalue weighted by Crippen LogP contribution is 2.41. The topological polar surface area (TPSA) is 81.3 Å². The minimum absolute atomic E-state index is 0.0323. The summed E-state index contributed by atoms with van der Waals surface area (Å²) in [6.07, 6.45) is 5.75. The zero-order chi connectivity index (χ0) is 25.3. The molecule has 2 heterocycles. The van der Waals surface area contributed by atoms with Gasteiger partial charge in [0, 0.05) is 17.6 Å². The Kier molecular flexibility index (Phi) is 7.74. The standard InChI is InChI=1S/C28H41N5O2/c1-17(2)8-7-9-19(4)26-30-31-27(33(26)22-11-12-22)23-15-32(21(6)34)16-24(23)28(35)29-25-13-10-18(3)14-20(25)5/h10,13-14,17,19,22-24H,7-9,11-12,15-16H2,1-6H3,(H,29,35)/p+1/t19-,23+,24+/m1/s1. The average Bonchev–Trinajstić information content (AvgIpc) is 3.36. The third kappa shape index (κ3) is 5.83. The van der Waals surface area contributed by atoms with Gasteiger partial charge in [-0.25, -0.2) is 4.79 Å². The van der Waals surface area contributed by atoms with Crippen LogP contribution < -0.4 is 10.2 Å². The zero-order valence-electron chi connectivity index (χ0n) is 22.2. The Labute approximate surface area is 209 Å². The van der Waals surface area contributed by atoms with Gasteiger partial charge in [-0.2, -0.15) is 0 Å². The number of likely N-dealkylation sites (tertiary alicyclic amines) is 1. The van der Waals surface area contributed by atoms with Crippen molar-refractivity contribution in [2.75, 3.05) is 18.4 Å². The van der Waals surface area contributed by atoms with E-state index in [1.165, 1.54) is 18.4 Å². The molecule has 2 amide bonds. The molecule has 7 heteroatoms. The first kappa shape index (κ1) is 25.5. The van der Waals surface area contributed by atoms with Crippen LogP contribution in [0.15, 0.2) is 18.2 Å². The van der Waals surface area contributed by atoms with E-state index in [9.17, 15) is 9.59 Å². The maximum absolute atomic E-state index is 13.6. The maximum Gasteiger partial charge on any atom is 0.309 e.